The molecule has 1 aromatic rings. The fourth-order valence-corrected chi connectivity index (χ4v) is 3.43. The monoisotopic (exact) mass is 352 g/mol. The number of phosphoric ester groups is 1. The van der Waals surface area contributed by atoms with Crippen molar-refractivity contribution in [2.75, 3.05) is 20.3 Å². The van der Waals surface area contributed by atoms with Crippen LogP contribution in [0.4, 0.5) is 0 Å². The first-order chi connectivity index (χ1) is 11.3. The van der Waals surface area contributed by atoms with Crippen LogP contribution < -0.4 is 0 Å². The van der Waals surface area contributed by atoms with Gasteiger partial charge in [-0.3, -0.25) is 9.05 Å². The van der Waals surface area contributed by atoms with E-state index >= 15 is 0 Å². The highest BCUT2D eigenvalue weighted by atomic mass is 31.2. The molecular weight excluding hydrogens is 331 g/mol. The standard InChI is InChI=1S/C17H21O6P/c1-17(2)12-21-24(19,22-13-17)23-15(10-7-11-16(18)20-3)14-8-5-4-6-9-14/h4-11H,12-13H2,1-3H3/b11-7+,15-10-. The molecular formula is C17H21O6P. The minimum absolute atomic E-state index is 0.224. The fraction of sp³-hybridized carbons (Fsp3) is 0.353. The van der Waals surface area contributed by atoms with E-state index in [1.807, 2.05) is 32.0 Å². The predicted molar refractivity (Wildman–Crippen MR) is 90.0 cm³/mol. The Morgan fingerprint density at radius 1 is 1.21 bits per heavy atom. The number of methoxy groups -OCH3 is 1. The number of ether oxygens (including phenoxy) is 1. The highest BCUT2D eigenvalue weighted by Gasteiger charge is 2.39. The second kappa shape index (κ2) is 7.79. The zero-order valence-corrected chi connectivity index (χ0v) is 14.8. The molecule has 2 rings (SSSR count). The Hall–Kier alpha value is -1.88. The van der Waals surface area contributed by atoms with Gasteiger partial charge in [-0.15, -0.1) is 0 Å². The molecule has 0 aromatic heterocycles. The number of benzene rings is 1. The first kappa shape index (κ1) is 18.5. The zero-order chi connectivity index (χ0) is 17.6. The summed E-state index contributed by atoms with van der Waals surface area (Å²) < 4.78 is 33.4. The van der Waals surface area contributed by atoms with E-state index < -0.39 is 13.8 Å². The van der Waals surface area contributed by atoms with E-state index in [4.69, 9.17) is 13.6 Å². The van der Waals surface area contributed by atoms with Gasteiger partial charge in [0.15, 0.2) is 0 Å². The van der Waals surface area contributed by atoms with Crippen LogP contribution in [0.3, 0.4) is 0 Å². The fourth-order valence-electron chi connectivity index (χ4n) is 1.82. The molecule has 0 saturated carbocycles. The van der Waals surface area contributed by atoms with Crippen LogP contribution in [-0.4, -0.2) is 26.3 Å². The zero-order valence-electron chi connectivity index (χ0n) is 13.9. The van der Waals surface area contributed by atoms with Crippen molar-refractivity contribution in [2.45, 2.75) is 13.8 Å². The third-order valence-corrected chi connectivity index (χ3v) is 4.49. The molecule has 130 valence electrons. The average molecular weight is 352 g/mol. The van der Waals surface area contributed by atoms with Gasteiger partial charge in [-0.25, -0.2) is 9.36 Å². The summed E-state index contributed by atoms with van der Waals surface area (Å²) in [7, 11) is -2.42. The lowest BCUT2D eigenvalue weighted by Crippen LogP contribution is -2.29. The first-order valence-electron chi connectivity index (χ1n) is 7.44. The molecule has 6 nitrogen and oxygen atoms in total. The number of esters is 1. The Bertz CT molecular complexity index is 664. The smallest absolute Gasteiger partial charge is 0.466 e. The van der Waals surface area contributed by atoms with E-state index in [2.05, 4.69) is 4.74 Å². The van der Waals surface area contributed by atoms with E-state index in [1.165, 1.54) is 25.3 Å². The number of phosphoric acid groups is 1. The van der Waals surface area contributed by atoms with Crippen LogP contribution in [0.25, 0.3) is 5.76 Å². The van der Waals surface area contributed by atoms with Crippen molar-refractivity contribution >= 4 is 19.6 Å². The summed E-state index contributed by atoms with van der Waals surface area (Å²) in [6.07, 6.45) is 4.19. The van der Waals surface area contributed by atoms with E-state index in [0.29, 0.717) is 5.56 Å². The maximum atomic E-state index is 12.6. The summed E-state index contributed by atoms with van der Waals surface area (Å²) in [4.78, 5) is 11.2. The van der Waals surface area contributed by atoms with E-state index in [-0.39, 0.29) is 24.4 Å². The first-order valence-corrected chi connectivity index (χ1v) is 8.90. The topological polar surface area (TPSA) is 71.1 Å². The van der Waals surface area contributed by atoms with Gasteiger partial charge in [0.1, 0.15) is 5.76 Å². The van der Waals surface area contributed by atoms with Crippen LogP contribution in [-0.2, 0) is 27.7 Å². The number of allylic oxidation sites excluding steroid dienone is 2. The van der Waals surface area contributed by atoms with Gasteiger partial charge in [0.05, 0.1) is 20.3 Å². The van der Waals surface area contributed by atoms with Crippen LogP contribution in [0.2, 0.25) is 0 Å². The normalized spacial score (nSPS) is 19.9. The number of hydrogen-bond donors (Lipinski definition) is 0. The van der Waals surface area contributed by atoms with Crippen molar-refractivity contribution in [3.8, 4) is 0 Å². The molecule has 1 saturated heterocycles. The highest BCUT2D eigenvalue weighted by Crippen LogP contribution is 2.57. The highest BCUT2D eigenvalue weighted by molar-refractivity contribution is 7.48. The average Bonchev–Trinajstić information content (AvgIpc) is 2.58. The van der Waals surface area contributed by atoms with Crippen LogP contribution in [0.1, 0.15) is 19.4 Å². The summed E-state index contributed by atoms with van der Waals surface area (Å²) in [5, 5.41) is 0. The van der Waals surface area contributed by atoms with Gasteiger partial charge in [-0.05, 0) is 6.08 Å². The van der Waals surface area contributed by atoms with Crippen LogP contribution >= 0.6 is 7.82 Å². The largest absolute Gasteiger partial charge is 0.530 e. The molecule has 1 fully saturated rings. The summed E-state index contributed by atoms with van der Waals surface area (Å²) >= 11 is 0. The van der Waals surface area contributed by atoms with E-state index in [1.54, 1.807) is 12.1 Å². The molecule has 0 bridgehead atoms. The number of rotatable bonds is 5. The molecule has 24 heavy (non-hydrogen) atoms. The number of carbonyl (C=O) groups is 1. The van der Waals surface area contributed by atoms with Gasteiger partial charge < -0.3 is 9.26 Å². The van der Waals surface area contributed by atoms with Crippen molar-refractivity contribution in [1.82, 2.24) is 0 Å². The van der Waals surface area contributed by atoms with Crippen LogP contribution in [0, 0.1) is 5.41 Å². The lowest BCUT2D eigenvalue weighted by Gasteiger charge is -2.33. The summed E-state index contributed by atoms with van der Waals surface area (Å²) in [5.74, 6) is -0.226. The molecule has 1 aromatic carbocycles. The molecule has 0 spiro atoms. The van der Waals surface area contributed by atoms with Crippen molar-refractivity contribution < 1.29 is 27.7 Å². The molecule has 0 aliphatic carbocycles. The predicted octanol–water partition coefficient (Wildman–Crippen LogP) is 3.95. The summed E-state index contributed by atoms with van der Waals surface area (Å²) in [5.41, 5.74) is 0.456. The molecule has 7 heteroatoms. The van der Waals surface area contributed by atoms with E-state index in [9.17, 15) is 9.36 Å². The molecule has 0 unspecified atom stereocenters. The molecule has 0 radical (unpaired) electrons. The number of carbonyl (C=O) groups excluding carboxylic acids is 1. The maximum absolute atomic E-state index is 12.6. The van der Waals surface area contributed by atoms with Crippen molar-refractivity contribution in [1.29, 1.82) is 0 Å². The molecule has 1 aliphatic rings. The molecule has 1 aliphatic heterocycles. The van der Waals surface area contributed by atoms with Gasteiger partial charge in [0.2, 0.25) is 0 Å². The molecule has 0 N–H and O–H groups in total. The lowest BCUT2D eigenvalue weighted by atomic mass is 9.97. The van der Waals surface area contributed by atoms with Crippen LogP contribution in [0.5, 0.6) is 0 Å². The van der Waals surface area contributed by atoms with Gasteiger partial charge in [0, 0.05) is 17.1 Å². The van der Waals surface area contributed by atoms with Crippen molar-refractivity contribution in [3.05, 3.63) is 54.1 Å². The van der Waals surface area contributed by atoms with Gasteiger partial charge in [-0.1, -0.05) is 50.3 Å². The Kier molecular flexibility index (Phi) is 5.99. The van der Waals surface area contributed by atoms with Gasteiger partial charge >= 0.3 is 13.8 Å². The third kappa shape index (κ3) is 5.34. The molecule has 0 atom stereocenters. The van der Waals surface area contributed by atoms with Crippen molar-refractivity contribution in [2.24, 2.45) is 5.41 Å². The summed E-state index contributed by atoms with van der Waals surface area (Å²) in [6, 6.07) is 9.07. The van der Waals surface area contributed by atoms with Crippen LogP contribution in [0.15, 0.2) is 48.6 Å². The maximum Gasteiger partial charge on any atom is 0.530 e. The Labute approximate surface area is 141 Å². The van der Waals surface area contributed by atoms with E-state index in [0.717, 1.165) is 0 Å². The van der Waals surface area contributed by atoms with Gasteiger partial charge in [-0.2, -0.15) is 0 Å². The number of hydrogen-bond acceptors (Lipinski definition) is 6. The second-order valence-electron chi connectivity index (χ2n) is 6.03. The van der Waals surface area contributed by atoms with Crippen molar-refractivity contribution in [3.63, 3.8) is 0 Å². The third-order valence-electron chi connectivity index (χ3n) is 3.18. The SMILES string of the molecule is COC(=O)/C=C/C=C(\OP1(=O)OCC(C)(C)CO1)c1ccccc1. The quantitative estimate of drug-likeness (QED) is 0.263. The minimum Gasteiger partial charge on any atom is -0.466 e. The Balaban J connectivity index is 2.21. The minimum atomic E-state index is -3.70. The molecule has 1 heterocycles. The Morgan fingerprint density at radius 2 is 1.83 bits per heavy atom. The summed E-state index contributed by atoms with van der Waals surface area (Å²) in [6.45, 7) is 4.43. The van der Waals surface area contributed by atoms with Gasteiger partial charge in [0.25, 0.3) is 0 Å². The second-order valence-corrected chi connectivity index (χ2v) is 7.62. The molecule has 0 amide bonds. The Morgan fingerprint density at radius 3 is 2.42 bits per heavy atom. The lowest BCUT2D eigenvalue weighted by molar-refractivity contribution is -0.134.